The Balaban J connectivity index is 1.72. The van der Waals surface area contributed by atoms with E-state index in [0.29, 0.717) is 18.4 Å². The molecule has 3 rings (SSSR count). The summed E-state index contributed by atoms with van der Waals surface area (Å²) >= 11 is 0. The molecule has 24 heavy (non-hydrogen) atoms. The molecule has 2 atom stereocenters. The van der Waals surface area contributed by atoms with Crippen molar-refractivity contribution in [1.29, 1.82) is 0 Å². The van der Waals surface area contributed by atoms with Gasteiger partial charge in [-0.2, -0.15) is 5.10 Å². The highest BCUT2D eigenvalue weighted by atomic mass is 16.4. The molecule has 0 spiro atoms. The average Bonchev–Trinajstić information content (AvgIpc) is 3.13. The molecule has 1 saturated carbocycles. The largest absolute Gasteiger partial charge is 0.481 e. The molecule has 0 aliphatic heterocycles. The van der Waals surface area contributed by atoms with E-state index in [9.17, 15) is 14.7 Å². The van der Waals surface area contributed by atoms with Gasteiger partial charge < -0.3 is 10.4 Å². The quantitative estimate of drug-likeness (QED) is 0.903. The number of carbonyl (C=O) groups is 2. The van der Waals surface area contributed by atoms with Gasteiger partial charge in [0.05, 0.1) is 17.3 Å². The van der Waals surface area contributed by atoms with Crippen LogP contribution in [-0.4, -0.2) is 32.8 Å². The fourth-order valence-corrected chi connectivity index (χ4v) is 3.32. The first-order chi connectivity index (χ1) is 11.5. The van der Waals surface area contributed by atoms with Crippen molar-refractivity contribution < 1.29 is 14.7 Å². The molecule has 6 nitrogen and oxygen atoms in total. The number of hydrogen-bond donors (Lipinski definition) is 2. The van der Waals surface area contributed by atoms with Gasteiger partial charge in [-0.3, -0.25) is 9.59 Å². The normalized spacial score (nSPS) is 20.1. The second-order valence-corrected chi connectivity index (χ2v) is 6.34. The molecule has 1 amide bonds. The summed E-state index contributed by atoms with van der Waals surface area (Å²) in [5.41, 5.74) is 3.38. The second-order valence-electron chi connectivity index (χ2n) is 6.34. The number of nitrogens with one attached hydrogen (secondary N) is 1. The number of aliphatic carboxylic acids is 1. The predicted molar refractivity (Wildman–Crippen MR) is 89.3 cm³/mol. The van der Waals surface area contributed by atoms with E-state index in [4.69, 9.17) is 0 Å². The zero-order chi connectivity index (χ0) is 17.3. The molecule has 1 fully saturated rings. The van der Waals surface area contributed by atoms with Gasteiger partial charge in [0.15, 0.2) is 0 Å². The van der Waals surface area contributed by atoms with Crippen molar-refractivity contribution in [3.63, 3.8) is 0 Å². The van der Waals surface area contributed by atoms with Crippen LogP contribution < -0.4 is 5.32 Å². The first kappa shape index (κ1) is 16.2. The zero-order valence-electron chi connectivity index (χ0n) is 13.8. The van der Waals surface area contributed by atoms with Gasteiger partial charge in [-0.1, -0.05) is 6.42 Å². The minimum atomic E-state index is -0.835. The Morgan fingerprint density at radius 3 is 2.50 bits per heavy atom. The van der Waals surface area contributed by atoms with Gasteiger partial charge in [0, 0.05) is 17.3 Å². The van der Waals surface area contributed by atoms with Crippen LogP contribution in [0.15, 0.2) is 30.3 Å². The summed E-state index contributed by atoms with van der Waals surface area (Å²) in [7, 11) is 0. The zero-order valence-corrected chi connectivity index (χ0v) is 13.8. The van der Waals surface area contributed by atoms with Gasteiger partial charge in [-0.25, -0.2) is 4.68 Å². The van der Waals surface area contributed by atoms with Crippen LogP contribution >= 0.6 is 0 Å². The maximum Gasteiger partial charge on any atom is 0.308 e. The average molecular weight is 327 g/mol. The van der Waals surface area contributed by atoms with Gasteiger partial charge in [-0.15, -0.1) is 0 Å². The minimum absolute atomic E-state index is 0.229. The SMILES string of the molecule is Cc1cc(C)n(-c2ccc(C(=O)N[C@H]3CCC[C@H]3C(=O)O)cc2)n1. The van der Waals surface area contributed by atoms with Gasteiger partial charge in [-0.05, 0) is 57.0 Å². The molecule has 1 aromatic carbocycles. The van der Waals surface area contributed by atoms with Crippen LogP contribution in [-0.2, 0) is 4.79 Å². The van der Waals surface area contributed by atoms with Crippen LogP contribution in [0.25, 0.3) is 5.69 Å². The lowest BCUT2D eigenvalue weighted by Gasteiger charge is -2.17. The molecule has 0 saturated heterocycles. The summed E-state index contributed by atoms with van der Waals surface area (Å²) in [5, 5.41) is 16.5. The number of hydrogen-bond acceptors (Lipinski definition) is 3. The van der Waals surface area contributed by atoms with Crippen LogP contribution in [0.1, 0.15) is 41.0 Å². The van der Waals surface area contributed by atoms with E-state index < -0.39 is 11.9 Å². The van der Waals surface area contributed by atoms with E-state index in [0.717, 1.165) is 23.5 Å². The number of carboxylic acid groups (broad SMARTS) is 1. The molecule has 6 heteroatoms. The predicted octanol–water partition coefficient (Wildman–Crippen LogP) is 2.47. The van der Waals surface area contributed by atoms with Crippen molar-refractivity contribution in [2.45, 2.75) is 39.2 Å². The van der Waals surface area contributed by atoms with Crippen molar-refractivity contribution >= 4 is 11.9 Å². The molecule has 0 bridgehead atoms. The highest BCUT2D eigenvalue weighted by Gasteiger charge is 2.33. The number of amides is 1. The maximum atomic E-state index is 12.4. The minimum Gasteiger partial charge on any atom is -0.481 e. The van der Waals surface area contributed by atoms with Crippen molar-refractivity contribution in [2.24, 2.45) is 5.92 Å². The van der Waals surface area contributed by atoms with E-state index in [-0.39, 0.29) is 11.9 Å². The molecule has 2 N–H and O–H groups in total. The topological polar surface area (TPSA) is 84.2 Å². The van der Waals surface area contributed by atoms with Gasteiger partial charge in [0.25, 0.3) is 5.91 Å². The standard InChI is InChI=1S/C18H21N3O3/c1-11-10-12(2)21(20-11)14-8-6-13(7-9-14)17(22)19-16-5-3-4-15(16)18(23)24/h6-10,15-16H,3-5H2,1-2H3,(H,19,22)(H,23,24)/t15-,16+/m1/s1. The Bertz CT molecular complexity index is 764. The third-order valence-electron chi connectivity index (χ3n) is 4.53. The van der Waals surface area contributed by atoms with Crippen molar-refractivity contribution in [3.8, 4) is 5.69 Å². The molecule has 0 radical (unpaired) electrons. The third kappa shape index (κ3) is 3.18. The number of carboxylic acids is 1. The smallest absolute Gasteiger partial charge is 0.308 e. The molecule has 1 aliphatic rings. The molecular weight excluding hydrogens is 306 g/mol. The molecule has 1 heterocycles. The summed E-state index contributed by atoms with van der Waals surface area (Å²) < 4.78 is 1.83. The number of aromatic nitrogens is 2. The molecule has 126 valence electrons. The molecule has 1 aliphatic carbocycles. The Hall–Kier alpha value is -2.63. The first-order valence-corrected chi connectivity index (χ1v) is 8.13. The fourth-order valence-electron chi connectivity index (χ4n) is 3.32. The second kappa shape index (κ2) is 6.47. The maximum absolute atomic E-state index is 12.4. The lowest BCUT2D eigenvalue weighted by atomic mass is 10.0. The third-order valence-corrected chi connectivity index (χ3v) is 4.53. The van der Waals surface area contributed by atoms with Crippen LogP contribution in [0.3, 0.4) is 0 Å². The van der Waals surface area contributed by atoms with E-state index in [1.54, 1.807) is 12.1 Å². The van der Waals surface area contributed by atoms with Crippen LogP contribution in [0.4, 0.5) is 0 Å². The summed E-state index contributed by atoms with van der Waals surface area (Å²) in [5.74, 6) is -1.55. The monoisotopic (exact) mass is 327 g/mol. The van der Waals surface area contributed by atoms with Crippen LogP contribution in [0.2, 0.25) is 0 Å². The Kier molecular flexibility index (Phi) is 4.38. The van der Waals surface area contributed by atoms with Gasteiger partial charge in [0.2, 0.25) is 0 Å². The van der Waals surface area contributed by atoms with Crippen molar-refractivity contribution in [3.05, 3.63) is 47.3 Å². The molecule has 1 aromatic heterocycles. The van der Waals surface area contributed by atoms with Gasteiger partial charge >= 0.3 is 5.97 Å². The van der Waals surface area contributed by atoms with Crippen molar-refractivity contribution in [2.75, 3.05) is 0 Å². The molecular formula is C18H21N3O3. The first-order valence-electron chi connectivity index (χ1n) is 8.13. The van der Waals surface area contributed by atoms with E-state index in [2.05, 4.69) is 10.4 Å². The Morgan fingerprint density at radius 1 is 1.21 bits per heavy atom. The number of nitrogens with zero attached hydrogens (tertiary/aromatic N) is 2. The molecule has 2 aromatic rings. The summed E-state index contributed by atoms with van der Waals surface area (Å²) in [6.45, 7) is 3.92. The number of carbonyl (C=O) groups excluding carboxylic acids is 1. The summed E-state index contributed by atoms with van der Waals surface area (Å²) in [6, 6.07) is 8.88. The lowest BCUT2D eigenvalue weighted by molar-refractivity contribution is -0.142. The highest BCUT2D eigenvalue weighted by Crippen LogP contribution is 2.26. The van der Waals surface area contributed by atoms with Gasteiger partial charge in [0.1, 0.15) is 0 Å². The molecule has 0 unspecified atom stereocenters. The fraction of sp³-hybridized carbons (Fsp3) is 0.389. The summed E-state index contributed by atoms with van der Waals surface area (Å²) in [6.07, 6.45) is 2.17. The number of benzene rings is 1. The summed E-state index contributed by atoms with van der Waals surface area (Å²) in [4.78, 5) is 23.6. The number of aryl methyl sites for hydroxylation is 2. The van der Waals surface area contributed by atoms with Crippen LogP contribution in [0.5, 0.6) is 0 Å². The van der Waals surface area contributed by atoms with E-state index in [1.165, 1.54) is 0 Å². The number of rotatable bonds is 4. The lowest BCUT2D eigenvalue weighted by Crippen LogP contribution is -2.40. The van der Waals surface area contributed by atoms with Crippen molar-refractivity contribution in [1.82, 2.24) is 15.1 Å². The van der Waals surface area contributed by atoms with E-state index >= 15 is 0 Å². The Labute approximate surface area is 140 Å². The Morgan fingerprint density at radius 2 is 1.92 bits per heavy atom. The highest BCUT2D eigenvalue weighted by molar-refractivity contribution is 5.94. The van der Waals surface area contributed by atoms with E-state index in [1.807, 2.05) is 36.7 Å². The van der Waals surface area contributed by atoms with Crippen LogP contribution in [0, 0.1) is 19.8 Å².